The number of thioether (sulfide) groups is 1. The number of hydrogen-bond donors (Lipinski definition) is 1. The van der Waals surface area contributed by atoms with Crippen molar-refractivity contribution in [2.45, 2.75) is 4.90 Å². The Morgan fingerprint density at radius 1 is 1.12 bits per heavy atom. The van der Waals surface area contributed by atoms with E-state index < -0.39 is 0 Å². The zero-order chi connectivity index (χ0) is 18.1. The molecule has 0 saturated heterocycles. The van der Waals surface area contributed by atoms with Gasteiger partial charge in [0.05, 0.1) is 12.6 Å². The molecule has 0 spiro atoms. The molecule has 0 aliphatic heterocycles. The number of benzene rings is 2. The fourth-order valence-corrected chi connectivity index (χ4v) is 3.20. The van der Waals surface area contributed by atoms with Crippen LogP contribution < -0.4 is 10.1 Å². The second-order valence-electron chi connectivity index (χ2n) is 5.74. The Kier molecular flexibility index (Phi) is 4.26. The first kappa shape index (κ1) is 16.5. The number of rotatable bonds is 4. The predicted octanol–water partition coefficient (Wildman–Crippen LogP) is 4.96. The molecule has 4 rings (SSSR count). The minimum absolute atomic E-state index is 0.226. The summed E-state index contributed by atoms with van der Waals surface area (Å²) in [6, 6.07) is 17.0. The lowest BCUT2D eigenvalue weighted by molar-refractivity contribution is 0.0998. The van der Waals surface area contributed by atoms with E-state index in [1.54, 1.807) is 24.9 Å². The monoisotopic (exact) mass is 364 g/mol. The summed E-state index contributed by atoms with van der Waals surface area (Å²) >= 11 is 1.62. The molecule has 0 bridgehead atoms. The highest BCUT2D eigenvalue weighted by atomic mass is 32.2. The summed E-state index contributed by atoms with van der Waals surface area (Å²) < 4.78 is 10.9. The molecule has 26 heavy (non-hydrogen) atoms. The lowest BCUT2D eigenvalue weighted by Crippen LogP contribution is -2.10. The summed E-state index contributed by atoms with van der Waals surface area (Å²) in [5.74, 6) is 0.648. The average Bonchev–Trinajstić information content (AvgIpc) is 3.08. The number of nitrogens with zero attached hydrogens (tertiary/aromatic N) is 1. The number of aromatic nitrogens is 1. The first-order valence-electron chi connectivity index (χ1n) is 8.00. The molecule has 2 aromatic heterocycles. The third-order valence-corrected chi connectivity index (χ3v) is 4.79. The van der Waals surface area contributed by atoms with Crippen LogP contribution in [0.3, 0.4) is 0 Å². The number of furan rings is 1. The van der Waals surface area contributed by atoms with Gasteiger partial charge in [-0.2, -0.15) is 0 Å². The van der Waals surface area contributed by atoms with Gasteiger partial charge in [-0.3, -0.25) is 4.79 Å². The lowest BCUT2D eigenvalue weighted by atomic mass is 10.2. The number of hydrogen-bond acceptors (Lipinski definition) is 5. The average molecular weight is 364 g/mol. The quantitative estimate of drug-likeness (QED) is 0.518. The molecular formula is C20H16N2O3S. The lowest BCUT2D eigenvalue weighted by Gasteiger charge is -2.04. The van der Waals surface area contributed by atoms with Crippen LogP contribution in [0.1, 0.15) is 10.6 Å². The number of fused-ring (bicyclic) bond motifs is 2. The van der Waals surface area contributed by atoms with Crippen LogP contribution >= 0.6 is 11.8 Å². The topological polar surface area (TPSA) is 64.4 Å². The summed E-state index contributed by atoms with van der Waals surface area (Å²) in [4.78, 5) is 18.1. The number of nitrogens with one attached hydrogen (secondary N) is 1. The van der Waals surface area contributed by atoms with Crippen LogP contribution in [-0.4, -0.2) is 24.3 Å². The molecule has 0 fully saturated rings. The first-order valence-corrected chi connectivity index (χ1v) is 9.22. The molecule has 2 heterocycles. The smallest absolute Gasteiger partial charge is 0.291 e. The molecule has 6 heteroatoms. The highest BCUT2D eigenvalue weighted by Crippen LogP contribution is 2.26. The molecule has 1 N–H and O–H groups in total. The van der Waals surface area contributed by atoms with Crippen LogP contribution in [-0.2, 0) is 0 Å². The van der Waals surface area contributed by atoms with Crippen LogP contribution in [0.2, 0.25) is 0 Å². The molecule has 0 saturated carbocycles. The van der Waals surface area contributed by atoms with Crippen molar-refractivity contribution < 1.29 is 13.9 Å². The van der Waals surface area contributed by atoms with E-state index in [2.05, 4.69) is 10.3 Å². The third kappa shape index (κ3) is 3.11. The number of ether oxygens (including phenoxy) is 1. The fourth-order valence-electron chi connectivity index (χ4n) is 2.74. The molecule has 0 radical (unpaired) electrons. The van der Waals surface area contributed by atoms with E-state index in [4.69, 9.17) is 9.15 Å². The van der Waals surface area contributed by atoms with E-state index in [1.807, 2.05) is 54.8 Å². The van der Waals surface area contributed by atoms with Gasteiger partial charge in [-0.05, 0) is 48.7 Å². The van der Waals surface area contributed by atoms with Gasteiger partial charge in [0, 0.05) is 27.4 Å². The molecule has 0 unspecified atom stereocenters. The Labute approximate surface area is 154 Å². The zero-order valence-corrected chi connectivity index (χ0v) is 15.1. The van der Waals surface area contributed by atoms with Gasteiger partial charge >= 0.3 is 0 Å². The number of amides is 1. The van der Waals surface area contributed by atoms with Gasteiger partial charge in [-0.25, -0.2) is 4.98 Å². The molecule has 1 amide bonds. The van der Waals surface area contributed by atoms with Crippen molar-refractivity contribution in [1.29, 1.82) is 0 Å². The molecule has 2 aromatic carbocycles. The summed E-state index contributed by atoms with van der Waals surface area (Å²) in [6.07, 6.45) is 1.99. The number of methoxy groups -OCH3 is 1. The summed E-state index contributed by atoms with van der Waals surface area (Å²) in [7, 11) is 1.61. The maximum Gasteiger partial charge on any atom is 0.291 e. The normalized spacial score (nSPS) is 11.0. The van der Waals surface area contributed by atoms with Crippen molar-refractivity contribution in [3.05, 3.63) is 60.4 Å². The molecule has 5 nitrogen and oxygen atoms in total. The summed E-state index contributed by atoms with van der Waals surface area (Å²) in [6.45, 7) is 0. The second-order valence-corrected chi connectivity index (χ2v) is 6.62. The van der Waals surface area contributed by atoms with Crippen molar-refractivity contribution in [1.82, 2.24) is 4.98 Å². The van der Waals surface area contributed by atoms with Crippen LogP contribution in [0.25, 0.3) is 22.0 Å². The SMILES string of the molecule is COc1ccc2cc3cc(C(=O)Nc4cccc(SC)c4)oc3nc2c1. The number of pyridine rings is 1. The number of carbonyl (C=O) groups is 1. The Morgan fingerprint density at radius 2 is 2.00 bits per heavy atom. The highest BCUT2D eigenvalue weighted by molar-refractivity contribution is 7.98. The van der Waals surface area contributed by atoms with Gasteiger partial charge in [-0.15, -0.1) is 11.8 Å². The van der Waals surface area contributed by atoms with Crippen molar-refractivity contribution in [2.75, 3.05) is 18.7 Å². The van der Waals surface area contributed by atoms with Crippen molar-refractivity contribution in [3.8, 4) is 5.75 Å². The second kappa shape index (κ2) is 6.72. The highest BCUT2D eigenvalue weighted by Gasteiger charge is 2.14. The minimum atomic E-state index is -0.303. The Bertz CT molecular complexity index is 1120. The van der Waals surface area contributed by atoms with E-state index >= 15 is 0 Å². The third-order valence-electron chi connectivity index (χ3n) is 4.06. The number of carbonyl (C=O) groups excluding carboxylic acids is 1. The van der Waals surface area contributed by atoms with Crippen LogP contribution in [0, 0.1) is 0 Å². The van der Waals surface area contributed by atoms with Crippen LogP contribution in [0.4, 0.5) is 5.69 Å². The van der Waals surface area contributed by atoms with Crippen molar-refractivity contribution in [3.63, 3.8) is 0 Å². The molecular weight excluding hydrogens is 348 g/mol. The van der Waals surface area contributed by atoms with Gasteiger partial charge in [0.15, 0.2) is 5.76 Å². The van der Waals surface area contributed by atoms with E-state index in [0.29, 0.717) is 5.71 Å². The largest absolute Gasteiger partial charge is 0.497 e. The van der Waals surface area contributed by atoms with Gasteiger partial charge in [0.25, 0.3) is 5.91 Å². The Balaban J connectivity index is 1.67. The van der Waals surface area contributed by atoms with E-state index in [0.717, 1.165) is 32.6 Å². The van der Waals surface area contributed by atoms with E-state index in [9.17, 15) is 4.79 Å². The van der Waals surface area contributed by atoms with Gasteiger partial charge < -0.3 is 14.5 Å². The van der Waals surface area contributed by atoms with Crippen molar-refractivity contribution in [2.24, 2.45) is 0 Å². The summed E-state index contributed by atoms with van der Waals surface area (Å²) in [5.41, 5.74) is 1.91. The van der Waals surface area contributed by atoms with Crippen molar-refractivity contribution >= 4 is 45.4 Å². The molecule has 4 aromatic rings. The standard InChI is InChI=1S/C20H16N2O3S/c1-24-15-7-6-12-8-13-9-18(25-20(13)22-17(12)11-15)19(23)21-14-4-3-5-16(10-14)26-2/h3-11H,1-2H3,(H,21,23). The molecule has 130 valence electrons. The van der Waals surface area contributed by atoms with Gasteiger partial charge in [0.2, 0.25) is 5.71 Å². The van der Waals surface area contributed by atoms with Crippen LogP contribution in [0.5, 0.6) is 5.75 Å². The fraction of sp³-hybridized carbons (Fsp3) is 0.100. The first-order chi connectivity index (χ1) is 12.7. The maximum atomic E-state index is 12.5. The van der Waals surface area contributed by atoms with Gasteiger partial charge in [-0.1, -0.05) is 6.07 Å². The van der Waals surface area contributed by atoms with E-state index in [-0.39, 0.29) is 11.7 Å². The predicted molar refractivity (Wildman–Crippen MR) is 104 cm³/mol. The van der Waals surface area contributed by atoms with Gasteiger partial charge in [0.1, 0.15) is 5.75 Å². The van der Waals surface area contributed by atoms with Crippen LogP contribution in [0.15, 0.2) is 63.9 Å². The maximum absolute atomic E-state index is 12.5. The number of anilines is 1. The van der Waals surface area contributed by atoms with E-state index in [1.165, 1.54) is 0 Å². The zero-order valence-electron chi connectivity index (χ0n) is 14.3. The molecule has 0 aliphatic carbocycles. The molecule has 0 atom stereocenters. The Morgan fingerprint density at radius 3 is 2.81 bits per heavy atom. The summed E-state index contributed by atoms with van der Waals surface area (Å²) in [5, 5.41) is 4.60. The molecule has 0 aliphatic rings. The Hall–Kier alpha value is -2.99. The minimum Gasteiger partial charge on any atom is -0.497 e.